The normalized spacial score (nSPS) is 9.67. The summed E-state index contributed by atoms with van der Waals surface area (Å²) in [7, 11) is 0. The van der Waals surface area contributed by atoms with E-state index in [1.807, 2.05) is 0 Å². The molecule has 0 bridgehead atoms. The smallest absolute Gasteiger partial charge is 1.00 e. The van der Waals surface area contributed by atoms with Crippen LogP contribution in [0.2, 0.25) is 0 Å². The quantitative estimate of drug-likeness (QED) is 0.139. The van der Waals surface area contributed by atoms with E-state index in [4.69, 9.17) is 0 Å². The summed E-state index contributed by atoms with van der Waals surface area (Å²) in [4.78, 5) is 18.6. The molecular formula is C4H6NNaO3. The van der Waals surface area contributed by atoms with Gasteiger partial charge >= 0.3 is 35.3 Å². The van der Waals surface area contributed by atoms with Gasteiger partial charge in [-0.25, -0.2) is 0 Å². The number of nitrogens with zero attached hydrogens (tertiary/aromatic N) is 1. The van der Waals surface area contributed by atoms with Gasteiger partial charge in [0.25, 0.3) is 0 Å². The Morgan fingerprint density at radius 2 is 2.22 bits per heavy atom. The van der Waals surface area contributed by atoms with Crippen molar-refractivity contribution in [2.75, 3.05) is 0 Å². The molecule has 0 radical (unpaired) electrons. The number of aldehydes is 1. The molecule has 0 aliphatic rings. The zero-order valence-electron chi connectivity index (χ0n) is 6.33. The molecule has 0 aromatic heterocycles. The molecule has 0 N–H and O–H groups in total. The zero-order valence-corrected chi connectivity index (χ0v) is 7.33. The van der Waals surface area contributed by atoms with Crippen molar-refractivity contribution >= 4 is 6.29 Å². The van der Waals surface area contributed by atoms with Crippen LogP contribution in [0, 0.1) is 10.1 Å². The molecule has 5 heteroatoms. The van der Waals surface area contributed by atoms with Gasteiger partial charge in [-0.15, -0.1) is 0 Å². The summed E-state index contributed by atoms with van der Waals surface area (Å²) in [6.45, 7) is 1.44. The van der Waals surface area contributed by atoms with Gasteiger partial charge in [-0.2, -0.15) is 0 Å². The first-order chi connectivity index (χ1) is 3.72. The van der Waals surface area contributed by atoms with Crippen LogP contribution in [0.15, 0.2) is 11.8 Å². The van der Waals surface area contributed by atoms with E-state index in [0.717, 1.165) is 6.08 Å². The molecule has 0 fully saturated rings. The monoisotopic (exact) mass is 139 g/mol. The van der Waals surface area contributed by atoms with Gasteiger partial charge in [0.05, 0.1) is 4.92 Å². The molecule has 0 atom stereocenters. The summed E-state index contributed by atoms with van der Waals surface area (Å²) in [6, 6.07) is 0. The van der Waals surface area contributed by atoms with E-state index in [1.54, 1.807) is 0 Å². The SMILES string of the molecule is C/C=C(/C=O)[N+](=O)[O-].[H-].[Na+]. The Morgan fingerprint density at radius 1 is 1.78 bits per heavy atom. The van der Waals surface area contributed by atoms with E-state index in [0.29, 0.717) is 0 Å². The molecule has 0 spiro atoms. The number of allylic oxidation sites excluding steroid dienone is 2. The summed E-state index contributed by atoms with van der Waals surface area (Å²) >= 11 is 0. The maximum Gasteiger partial charge on any atom is 1.00 e. The van der Waals surface area contributed by atoms with Gasteiger partial charge in [0, 0.05) is 0 Å². The summed E-state index contributed by atoms with van der Waals surface area (Å²) in [6.07, 6.45) is 1.35. The number of nitro groups is 1. The van der Waals surface area contributed by atoms with Crippen LogP contribution in [0.3, 0.4) is 0 Å². The van der Waals surface area contributed by atoms with Crippen molar-refractivity contribution in [1.29, 1.82) is 0 Å². The fraction of sp³-hybridized carbons (Fsp3) is 0.250. The topological polar surface area (TPSA) is 60.2 Å². The fourth-order valence-electron chi connectivity index (χ4n) is 0.216. The zero-order chi connectivity index (χ0) is 6.57. The minimum Gasteiger partial charge on any atom is -1.00 e. The van der Waals surface area contributed by atoms with Gasteiger partial charge in [-0.3, -0.25) is 14.9 Å². The largest absolute Gasteiger partial charge is 1.00 e. The first-order valence-electron chi connectivity index (χ1n) is 1.98. The summed E-state index contributed by atoms with van der Waals surface area (Å²) in [5.41, 5.74) is -0.398. The van der Waals surface area contributed by atoms with Crippen molar-refractivity contribution in [1.82, 2.24) is 0 Å². The van der Waals surface area contributed by atoms with Gasteiger partial charge < -0.3 is 1.43 Å². The van der Waals surface area contributed by atoms with Crippen LogP contribution in [0.5, 0.6) is 0 Å². The van der Waals surface area contributed by atoms with Gasteiger partial charge in [-0.05, 0) is 13.0 Å². The van der Waals surface area contributed by atoms with Crippen LogP contribution in [0.4, 0.5) is 0 Å². The van der Waals surface area contributed by atoms with Crippen LogP contribution in [-0.4, -0.2) is 11.2 Å². The molecule has 0 heterocycles. The number of hydrogen-bond donors (Lipinski definition) is 0. The Labute approximate surface area is 75.9 Å². The number of rotatable bonds is 2. The van der Waals surface area contributed by atoms with E-state index < -0.39 is 10.6 Å². The van der Waals surface area contributed by atoms with Crippen molar-refractivity contribution in [2.24, 2.45) is 0 Å². The molecule has 0 rings (SSSR count). The van der Waals surface area contributed by atoms with Crippen molar-refractivity contribution in [3.63, 3.8) is 0 Å². The van der Waals surface area contributed by atoms with Crippen molar-refractivity contribution in [3.8, 4) is 0 Å². The Kier molecular flexibility index (Phi) is 7.65. The molecule has 46 valence electrons. The Balaban J connectivity index is -0.000000245. The van der Waals surface area contributed by atoms with Crippen molar-refractivity contribution in [2.45, 2.75) is 6.92 Å². The summed E-state index contributed by atoms with van der Waals surface area (Å²) < 4.78 is 0. The molecule has 0 aliphatic heterocycles. The maximum absolute atomic E-state index is 9.67. The molecular weight excluding hydrogens is 133 g/mol. The van der Waals surface area contributed by atoms with Gasteiger partial charge in [0.2, 0.25) is 6.29 Å². The average Bonchev–Trinajstić information content (AvgIpc) is 1.69. The van der Waals surface area contributed by atoms with Gasteiger partial charge in [0.1, 0.15) is 0 Å². The molecule has 4 nitrogen and oxygen atoms in total. The van der Waals surface area contributed by atoms with E-state index >= 15 is 0 Å². The second kappa shape index (κ2) is 5.94. The summed E-state index contributed by atoms with van der Waals surface area (Å²) in [5, 5.41) is 9.67. The van der Waals surface area contributed by atoms with E-state index in [2.05, 4.69) is 0 Å². The van der Waals surface area contributed by atoms with Crippen LogP contribution in [-0.2, 0) is 4.79 Å². The van der Waals surface area contributed by atoms with Crippen LogP contribution >= 0.6 is 0 Å². The summed E-state index contributed by atoms with van der Waals surface area (Å²) in [5.74, 6) is 0. The van der Waals surface area contributed by atoms with Crippen LogP contribution in [0.1, 0.15) is 8.35 Å². The standard InChI is InChI=1S/C4H5NO3.Na.H/c1-2-4(3-6)5(7)8;;/h2-3H,1H3;;/q;+1;-1/b4-2-;;. The minimum absolute atomic E-state index is 0. The molecule has 0 saturated heterocycles. The molecule has 0 aliphatic carbocycles. The van der Waals surface area contributed by atoms with Crippen molar-refractivity contribution in [3.05, 3.63) is 21.9 Å². The van der Waals surface area contributed by atoms with Crippen LogP contribution in [0.25, 0.3) is 0 Å². The Bertz CT molecular complexity index is 147. The third-order valence-electron chi connectivity index (χ3n) is 0.627. The van der Waals surface area contributed by atoms with Crippen molar-refractivity contribution < 1.29 is 40.7 Å². The van der Waals surface area contributed by atoms with Crippen LogP contribution < -0.4 is 29.6 Å². The second-order valence-electron chi connectivity index (χ2n) is 1.09. The average molecular weight is 139 g/mol. The van der Waals surface area contributed by atoms with Gasteiger partial charge in [0.15, 0.2) is 0 Å². The van der Waals surface area contributed by atoms with E-state index in [1.165, 1.54) is 6.92 Å². The van der Waals surface area contributed by atoms with E-state index in [9.17, 15) is 14.9 Å². The third-order valence-corrected chi connectivity index (χ3v) is 0.627. The Hall–Kier alpha value is -0.190. The second-order valence-corrected chi connectivity index (χ2v) is 1.09. The number of carbonyl (C=O) groups excluding carboxylic acids is 1. The third kappa shape index (κ3) is 4.32. The number of hydrogen-bond acceptors (Lipinski definition) is 3. The predicted molar refractivity (Wildman–Crippen MR) is 27.9 cm³/mol. The maximum atomic E-state index is 9.67. The Morgan fingerprint density at radius 3 is 2.22 bits per heavy atom. The first kappa shape index (κ1) is 11.6. The molecule has 0 saturated carbocycles. The van der Waals surface area contributed by atoms with E-state index in [-0.39, 0.29) is 37.3 Å². The molecule has 9 heavy (non-hydrogen) atoms. The fourth-order valence-corrected chi connectivity index (χ4v) is 0.216. The minimum atomic E-state index is -0.729. The molecule has 0 unspecified atom stereocenters. The molecule has 0 amide bonds. The predicted octanol–water partition coefficient (Wildman–Crippen LogP) is -2.52. The first-order valence-corrected chi connectivity index (χ1v) is 1.98. The van der Waals surface area contributed by atoms with Gasteiger partial charge in [-0.1, -0.05) is 0 Å². The molecule has 0 aromatic rings. The molecule has 0 aromatic carbocycles. The number of carbonyl (C=O) groups is 1.